The Labute approximate surface area is 253 Å². The molecule has 218 valence electrons. The van der Waals surface area contributed by atoms with Gasteiger partial charge in [-0.25, -0.2) is 4.98 Å². The van der Waals surface area contributed by atoms with Gasteiger partial charge in [-0.1, -0.05) is 18.2 Å². The van der Waals surface area contributed by atoms with Gasteiger partial charge in [-0.2, -0.15) is 9.78 Å². The Hall–Kier alpha value is -5.09. The van der Waals surface area contributed by atoms with E-state index in [-0.39, 0.29) is 36.6 Å². The van der Waals surface area contributed by atoms with Crippen molar-refractivity contribution >= 4 is 34.9 Å². The molecule has 0 saturated carbocycles. The first-order valence-corrected chi connectivity index (χ1v) is 13.3. The second-order valence-electron chi connectivity index (χ2n) is 9.76. The van der Waals surface area contributed by atoms with Crippen LogP contribution in [0.2, 0.25) is 0 Å². The van der Waals surface area contributed by atoms with Crippen molar-refractivity contribution < 1.29 is 19.0 Å². The number of hydrogen-bond acceptors (Lipinski definition) is 9. The lowest BCUT2D eigenvalue weighted by Crippen LogP contribution is -2.27. The molecule has 1 aliphatic heterocycles. The Morgan fingerprint density at radius 2 is 1.72 bits per heavy atom. The number of carbonyl (C=O) groups is 1. The summed E-state index contributed by atoms with van der Waals surface area (Å²) in [4.78, 5) is 39.0. The van der Waals surface area contributed by atoms with Crippen molar-refractivity contribution in [2.45, 2.75) is 19.4 Å². The SMILES string of the molecule is COc1cc2c(cc1OC)C(c1ccnc(-n3nc(-c4cccnc4)c4ccccc4c3=O)c1)=N[C@H](COC(C)=O)C2.Cl. The van der Waals surface area contributed by atoms with Crippen LogP contribution in [0.1, 0.15) is 23.6 Å². The quantitative estimate of drug-likeness (QED) is 0.250. The first kappa shape index (κ1) is 29.4. The second-order valence-corrected chi connectivity index (χ2v) is 9.76. The molecule has 3 aromatic heterocycles. The number of aromatic nitrogens is 4. The van der Waals surface area contributed by atoms with Crippen LogP contribution in [0.3, 0.4) is 0 Å². The summed E-state index contributed by atoms with van der Waals surface area (Å²) < 4.78 is 17.7. The third-order valence-electron chi connectivity index (χ3n) is 7.09. The van der Waals surface area contributed by atoms with E-state index in [0.717, 1.165) is 22.1 Å². The second kappa shape index (κ2) is 12.4. The molecule has 11 heteroatoms. The molecule has 0 aliphatic carbocycles. The van der Waals surface area contributed by atoms with Gasteiger partial charge in [0.15, 0.2) is 17.3 Å². The van der Waals surface area contributed by atoms with Crippen molar-refractivity contribution in [1.29, 1.82) is 0 Å². The van der Waals surface area contributed by atoms with Crippen molar-refractivity contribution in [3.05, 3.63) is 106 Å². The molecule has 4 heterocycles. The molecule has 0 saturated heterocycles. The van der Waals surface area contributed by atoms with Crippen molar-refractivity contribution in [2.75, 3.05) is 20.8 Å². The van der Waals surface area contributed by atoms with E-state index >= 15 is 0 Å². The van der Waals surface area contributed by atoms with E-state index in [2.05, 4.69) is 9.97 Å². The minimum Gasteiger partial charge on any atom is -0.493 e. The molecule has 0 N–H and O–H groups in total. The van der Waals surface area contributed by atoms with E-state index in [0.29, 0.717) is 46.1 Å². The number of benzene rings is 2. The molecule has 0 bridgehead atoms. The summed E-state index contributed by atoms with van der Waals surface area (Å²) in [7, 11) is 3.16. The molecule has 0 spiro atoms. The van der Waals surface area contributed by atoms with Gasteiger partial charge in [0.2, 0.25) is 0 Å². The predicted octanol–water partition coefficient (Wildman–Crippen LogP) is 4.61. The zero-order chi connectivity index (χ0) is 29.2. The highest BCUT2D eigenvalue weighted by atomic mass is 35.5. The molecule has 0 radical (unpaired) electrons. The Kier molecular flexibility index (Phi) is 8.49. The summed E-state index contributed by atoms with van der Waals surface area (Å²) in [6.07, 6.45) is 5.57. The maximum atomic E-state index is 13.7. The number of fused-ring (bicyclic) bond motifs is 2. The fourth-order valence-electron chi connectivity index (χ4n) is 5.14. The number of carbonyl (C=O) groups excluding carboxylic acids is 1. The third kappa shape index (κ3) is 5.69. The van der Waals surface area contributed by atoms with E-state index in [1.807, 2.05) is 48.5 Å². The first-order valence-electron chi connectivity index (χ1n) is 13.3. The van der Waals surface area contributed by atoms with Crippen molar-refractivity contribution in [3.63, 3.8) is 0 Å². The number of pyridine rings is 2. The van der Waals surface area contributed by atoms with E-state index < -0.39 is 0 Å². The van der Waals surface area contributed by atoms with Crippen LogP contribution in [0.4, 0.5) is 0 Å². The molecule has 1 atom stereocenters. The number of halogens is 1. The minimum absolute atomic E-state index is 0. The van der Waals surface area contributed by atoms with Crippen LogP contribution in [-0.4, -0.2) is 58.3 Å². The van der Waals surface area contributed by atoms with Gasteiger partial charge in [-0.3, -0.25) is 19.6 Å². The standard InChI is InChI=1S/C32H27N5O5.ClH/c1-19(38)42-18-23-13-22-14-27(40-2)28(41-3)16-26(22)30(35-23)20-10-12-34-29(15-20)37-32(39)25-9-5-4-8-24(25)31(36-37)21-7-6-11-33-17-21;/h4-12,14-17,23H,13,18H2,1-3H3;1H/t23-;/m0./s1. The van der Waals surface area contributed by atoms with Gasteiger partial charge >= 0.3 is 5.97 Å². The van der Waals surface area contributed by atoms with E-state index in [4.69, 9.17) is 24.3 Å². The number of nitrogens with zero attached hydrogens (tertiary/aromatic N) is 5. The van der Waals surface area contributed by atoms with Crippen LogP contribution < -0.4 is 15.0 Å². The van der Waals surface area contributed by atoms with Crippen LogP contribution in [-0.2, 0) is 16.0 Å². The lowest BCUT2D eigenvalue weighted by Gasteiger charge is -2.25. The van der Waals surface area contributed by atoms with E-state index in [1.165, 1.54) is 11.6 Å². The maximum absolute atomic E-state index is 13.7. The molecule has 0 amide bonds. The highest BCUT2D eigenvalue weighted by Crippen LogP contribution is 2.35. The van der Waals surface area contributed by atoms with Gasteiger partial charge in [0.05, 0.1) is 31.4 Å². The highest BCUT2D eigenvalue weighted by molar-refractivity contribution is 6.15. The minimum atomic E-state index is -0.373. The van der Waals surface area contributed by atoms with Gasteiger partial charge in [-0.15, -0.1) is 12.4 Å². The summed E-state index contributed by atoms with van der Waals surface area (Å²) in [6.45, 7) is 1.50. The third-order valence-corrected chi connectivity index (χ3v) is 7.09. The largest absolute Gasteiger partial charge is 0.493 e. The Morgan fingerprint density at radius 1 is 0.953 bits per heavy atom. The van der Waals surface area contributed by atoms with Crippen LogP contribution in [0, 0.1) is 0 Å². The van der Waals surface area contributed by atoms with Crippen LogP contribution >= 0.6 is 12.4 Å². The number of hydrogen-bond donors (Lipinski definition) is 0. The van der Waals surface area contributed by atoms with E-state index in [1.54, 1.807) is 44.9 Å². The monoisotopic (exact) mass is 597 g/mol. The lowest BCUT2D eigenvalue weighted by molar-refractivity contribution is -0.141. The summed E-state index contributed by atoms with van der Waals surface area (Å²) in [6, 6.07) is 18.2. The number of aliphatic imine (C=N–C) groups is 1. The van der Waals surface area contributed by atoms with Gasteiger partial charge in [-0.05, 0) is 54.4 Å². The molecular formula is C32H28ClN5O5. The molecule has 43 heavy (non-hydrogen) atoms. The van der Waals surface area contributed by atoms with Gasteiger partial charge in [0.1, 0.15) is 12.3 Å². The van der Waals surface area contributed by atoms with Crippen LogP contribution in [0.25, 0.3) is 27.8 Å². The average Bonchev–Trinajstić information content (AvgIpc) is 3.03. The summed E-state index contributed by atoms with van der Waals surface area (Å²) in [5, 5.41) is 5.99. The molecular weight excluding hydrogens is 570 g/mol. The Morgan fingerprint density at radius 3 is 2.44 bits per heavy atom. The zero-order valence-electron chi connectivity index (χ0n) is 23.7. The highest BCUT2D eigenvalue weighted by Gasteiger charge is 2.26. The maximum Gasteiger partial charge on any atom is 0.302 e. The molecule has 1 aliphatic rings. The zero-order valence-corrected chi connectivity index (χ0v) is 24.5. The van der Waals surface area contributed by atoms with Crippen LogP contribution in [0.15, 0.2) is 89.0 Å². The topological polar surface area (TPSA) is 118 Å². The molecule has 5 aromatic rings. The summed E-state index contributed by atoms with van der Waals surface area (Å²) in [5.74, 6) is 1.11. The van der Waals surface area contributed by atoms with Crippen molar-refractivity contribution in [3.8, 4) is 28.6 Å². The van der Waals surface area contributed by atoms with Gasteiger partial charge in [0.25, 0.3) is 5.56 Å². The Balaban J connectivity index is 0.00000368. The number of rotatable bonds is 7. The summed E-state index contributed by atoms with van der Waals surface area (Å²) >= 11 is 0. The van der Waals surface area contributed by atoms with E-state index in [9.17, 15) is 9.59 Å². The number of esters is 1. The lowest BCUT2D eigenvalue weighted by atomic mass is 9.90. The molecule has 0 unspecified atom stereocenters. The van der Waals surface area contributed by atoms with Crippen molar-refractivity contribution in [2.24, 2.45) is 4.99 Å². The van der Waals surface area contributed by atoms with Crippen molar-refractivity contribution in [1.82, 2.24) is 19.7 Å². The molecule has 0 fully saturated rings. The fourth-order valence-corrected chi connectivity index (χ4v) is 5.14. The first-order chi connectivity index (χ1) is 20.5. The average molecular weight is 598 g/mol. The van der Waals surface area contributed by atoms with Crippen LogP contribution in [0.5, 0.6) is 11.5 Å². The summed E-state index contributed by atoms with van der Waals surface area (Å²) in [5.41, 5.74) is 4.27. The predicted molar refractivity (Wildman–Crippen MR) is 165 cm³/mol. The number of methoxy groups -OCH3 is 2. The fraction of sp³-hybridized carbons (Fsp3) is 0.188. The molecule has 6 rings (SSSR count). The van der Waals surface area contributed by atoms with Gasteiger partial charge in [0, 0.05) is 47.6 Å². The normalized spacial score (nSPS) is 13.8. The smallest absolute Gasteiger partial charge is 0.302 e. The Bertz CT molecular complexity index is 1910. The molecule has 2 aromatic carbocycles. The number of ether oxygens (including phenoxy) is 3. The van der Waals surface area contributed by atoms with Gasteiger partial charge < -0.3 is 14.2 Å². The molecule has 10 nitrogen and oxygen atoms in total.